The topological polar surface area (TPSA) is 77.9 Å². The summed E-state index contributed by atoms with van der Waals surface area (Å²) in [6.07, 6.45) is 3.47. The smallest absolute Gasteiger partial charge is 0.308 e. The maximum Gasteiger partial charge on any atom is 0.308 e. The van der Waals surface area contributed by atoms with E-state index in [4.69, 9.17) is 0 Å². The van der Waals surface area contributed by atoms with E-state index < -0.39 is 17.8 Å². The largest absolute Gasteiger partial charge is 0.481 e. The molecule has 2 unspecified atom stereocenters. The van der Waals surface area contributed by atoms with Gasteiger partial charge in [-0.1, -0.05) is 6.07 Å². The quantitative estimate of drug-likeness (QED) is 0.830. The second-order valence-corrected chi connectivity index (χ2v) is 7.45. The number of carbonyl (C=O) groups excluding carboxylic acids is 2. The number of anilines is 1. The summed E-state index contributed by atoms with van der Waals surface area (Å²) in [5, 5.41) is 9.18. The zero-order valence-electron chi connectivity index (χ0n) is 14.2. The van der Waals surface area contributed by atoms with Gasteiger partial charge in [0.1, 0.15) is 0 Å². The molecule has 2 atom stereocenters. The van der Waals surface area contributed by atoms with Crippen LogP contribution in [-0.4, -0.2) is 53.7 Å². The Balaban J connectivity index is 1.69. The predicted molar refractivity (Wildman–Crippen MR) is 95.6 cm³/mol. The van der Waals surface area contributed by atoms with Crippen LogP contribution in [0, 0.1) is 11.8 Å². The minimum atomic E-state index is -0.851. The summed E-state index contributed by atoms with van der Waals surface area (Å²) < 4.78 is 0. The molecule has 1 aromatic rings. The Labute approximate surface area is 151 Å². The van der Waals surface area contributed by atoms with Crippen molar-refractivity contribution in [2.24, 2.45) is 11.8 Å². The molecular formula is C18H22N2O4S. The van der Waals surface area contributed by atoms with Crippen molar-refractivity contribution in [2.45, 2.75) is 24.2 Å². The summed E-state index contributed by atoms with van der Waals surface area (Å²) >= 11 is 1.61. The molecule has 0 radical (unpaired) electrons. The Morgan fingerprint density at radius 2 is 2.04 bits per heavy atom. The average molecular weight is 362 g/mol. The molecule has 0 aliphatic carbocycles. The molecule has 2 aliphatic rings. The lowest BCUT2D eigenvalue weighted by Gasteiger charge is -2.32. The summed E-state index contributed by atoms with van der Waals surface area (Å²) in [5.41, 5.74) is 0.814. The second-order valence-electron chi connectivity index (χ2n) is 6.57. The average Bonchev–Trinajstić information content (AvgIpc) is 3.03. The highest BCUT2D eigenvalue weighted by Gasteiger charge is 2.39. The van der Waals surface area contributed by atoms with Gasteiger partial charge < -0.3 is 14.9 Å². The first-order chi connectivity index (χ1) is 12.0. The monoisotopic (exact) mass is 362 g/mol. The van der Waals surface area contributed by atoms with Crippen LogP contribution in [0.15, 0.2) is 29.2 Å². The third kappa shape index (κ3) is 3.81. The Morgan fingerprint density at radius 3 is 2.76 bits per heavy atom. The minimum absolute atomic E-state index is 0.0524. The van der Waals surface area contributed by atoms with Crippen molar-refractivity contribution in [1.29, 1.82) is 0 Å². The number of hydrogen-bond acceptors (Lipinski definition) is 4. The van der Waals surface area contributed by atoms with Crippen LogP contribution in [0.3, 0.4) is 0 Å². The van der Waals surface area contributed by atoms with Crippen molar-refractivity contribution < 1.29 is 19.5 Å². The standard InChI is InChI=1S/C18H22N2O4S/c1-25-15-6-2-5-14(9-15)20-11-13(8-16(20)21)17(22)19-7-3-4-12(10-19)18(23)24/h2,5-6,9,12-13H,3-4,7-8,10-11H2,1H3,(H,23,24). The van der Waals surface area contributed by atoms with Crippen LogP contribution in [0.1, 0.15) is 19.3 Å². The number of aliphatic carboxylic acids is 1. The molecule has 0 aromatic heterocycles. The van der Waals surface area contributed by atoms with Gasteiger partial charge in [-0.05, 0) is 37.3 Å². The first-order valence-corrected chi connectivity index (χ1v) is 9.68. The molecule has 1 aromatic carbocycles. The first kappa shape index (κ1) is 17.8. The lowest BCUT2D eigenvalue weighted by atomic mass is 9.96. The van der Waals surface area contributed by atoms with Gasteiger partial charge in [0.15, 0.2) is 0 Å². The Kier molecular flexibility index (Phi) is 5.32. The Bertz CT molecular complexity index is 693. The number of hydrogen-bond donors (Lipinski definition) is 1. The highest BCUT2D eigenvalue weighted by molar-refractivity contribution is 7.98. The van der Waals surface area contributed by atoms with Gasteiger partial charge in [-0.25, -0.2) is 0 Å². The number of piperidine rings is 1. The molecule has 2 fully saturated rings. The van der Waals surface area contributed by atoms with Crippen molar-refractivity contribution in [3.8, 4) is 0 Å². The molecule has 134 valence electrons. The van der Waals surface area contributed by atoms with Gasteiger partial charge in [0.05, 0.1) is 11.8 Å². The van der Waals surface area contributed by atoms with Gasteiger partial charge in [0, 0.05) is 36.6 Å². The zero-order chi connectivity index (χ0) is 18.0. The first-order valence-electron chi connectivity index (χ1n) is 8.45. The molecule has 2 saturated heterocycles. The Hall–Kier alpha value is -2.02. The number of amides is 2. The van der Waals surface area contributed by atoms with Crippen LogP contribution in [0.25, 0.3) is 0 Å². The minimum Gasteiger partial charge on any atom is -0.481 e. The summed E-state index contributed by atoms with van der Waals surface area (Å²) in [6, 6.07) is 7.73. The number of benzene rings is 1. The molecule has 25 heavy (non-hydrogen) atoms. The fraction of sp³-hybridized carbons (Fsp3) is 0.500. The van der Waals surface area contributed by atoms with Crippen molar-refractivity contribution in [1.82, 2.24) is 4.90 Å². The molecule has 2 heterocycles. The number of carboxylic acids is 1. The second kappa shape index (κ2) is 7.47. The van der Waals surface area contributed by atoms with Crippen molar-refractivity contribution >= 4 is 35.2 Å². The number of carbonyl (C=O) groups is 3. The molecule has 2 aliphatic heterocycles. The molecule has 0 saturated carbocycles. The summed E-state index contributed by atoms with van der Waals surface area (Å²) in [5.74, 6) is -1.89. The highest BCUT2D eigenvalue weighted by atomic mass is 32.2. The van der Waals surface area contributed by atoms with Crippen molar-refractivity contribution in [3.05, 3.63) is 24.3 Å². The maximum atomic E-state index is 12.8. The van der Waals surface area contributed by atoms with Crippen LogP contribution in [0.5, 0.6) is 0 Å². The van der Waals surface area contributed by atoms with Crippen molar-refractivity contribution in [3.63, 3.8) is 0 Å². The van der Waals surface area contributed by atoms with E-state index in [2.05, 4.69) is 0 Å². The molecule has 7 heteroatoms. The van der Waals surface area contributed by atoms with E-state index in [-0.39, 0.29) is 24.8 Å². The van der Waals surface area contributed by atoms with Crippen LogP contribution in [0.4, 0.5) is 5.69 Å². The molecule has 6 nitrogen and oxygen atoms in total. The van der Waals surface area contributed by atoms with Crippen LogP contribution < -0.4 is 4.90 Å². The lowest BCUT2D eigenvalue weighted by molar-refractivity contribution is -0.146. The van der Waals surface area contributed by atoms with E-state index >= 15 is 0 Å². The fourth-order valence-corrected chi connectivity index (χ4v) is 3.99. The van der Waals surface area contributed by atoms with E-state index in [1.165, 1.54) is 0 Å². The maximum absolute atomic E-state index is 12.8. The summed E-state index contributed by atoms with van der Waals surface area (Å²) in [4.78, 5) is 40.7. The Morgan fingerprint density at radius 1 is 1.24 bits per heavy atom. The number of rotatable bonds is 4. The van der Waals surface area contributed by atoms with E-state index in [0.29, 0.717) is 25.9 Å². The van der Waals surface area contributed by atoms with Gasteiger partial charge in [-0.2, -0.15) is 0 Å². The molecule has 0 spiro atoms. The number of nitrogens with zero attached hydrogens (tertiary/aromatic N) is 2. The molecule has 3 rings (SSSR count). The zero-order valence-corrected chi connectivity index (χ0v) is 15.0. The number of carboxylic acid groups (broad SMARTS) is 1. The van der Waals surface area contributed by atoms with Gasteiger partial charge in [-0.15, -0.1) is 11.8 Å². The molecule has 1 N–H and O–H groups in total. The molecular weight excluding hydrogens is 340 g/mol. The van der Waals surface area contributed by atoms with Crippen LogP contribution >= 0.6 is 11.8 Å². The van der Waals surface area contributed by atoms with Gasteiger partial charge in [0.25, 0.3) is 0 Å². The third-order valence-electron chi connectivity index (χ3n) is 4.92. The normalized spacial score (nSPS) is 23.8. The van der Waals surface area contributed by atoms with Gasteiger partial charge in [-0.3, -0.25) is 14.4 Å². The van der Waals surface area contributed by atoms with Crippen LogP contribution in [-0.2, 0) is 14.4 Å². The van der Waals surface area contributed by atoms with Gasteiger partial charge >= 0.3 is 5.97 Å². The fourth-order valence-electron chi connectivity index (χ4n) is 3.54. The summed E-state index contributed by atoms with van der Waals surface area (Å²) in [6.45, 7) is 1.19. The molecule has 2 amide bonds. The SMILES string of the molecule is CSc1cccc(N2CC(C(=O)N3CCCC(C(=O)O)C3)CC2=O)c1. The van der Waals surface area contributed by atoms with Gasteiger partial charge in [0.2, 0.25) is 11.8 Å². The van der Waals surface area contributed by atoms with Crippen molar-refractivity contribution in [2.75, 3.05) is 30.8 Å². The lowest BCUT2D eigenvalue weighted by Crippen LogP contribution is -2.45. The number of thioether (sulfide) groups is 1. The van der Waals surface area contributed by atoms with E-state index in [1.54, 1.807) is 21.6 Å². The predicted octanol–water partition coefficient (Wildman–Crippen LogP) is 2.08. The molecule has 0 bridgehead atoms. The van der Waals surface area contributed by atoms with E-state index in [9.17, 15) is 19.5 Å². The highest BCUT2D eigenvalue weighted by Crippen LogP contribution is 2.30. The third-order valence-corrected chi connectivity index (χ3v) is 5.65. The van der Waals surface area contributed by atoms with E-state index in [1.807, 2.05) is 30.5 Å². The van der Waals surface area contributed by atoms with Crippen LogP contribution in [0.2, 0.25) is 0 Å². The van der Waals surface area contributed by atoms with E-state index in [0.717, 1.165) is 10.6 Å². The summed E-state index contributed by atoms with van der Waals surface area (Å²) in [7, 11) is 0. The number of likely N-dealkylation sites (tertiary alicyclic amines) is 1.